The molecule has 1 heterocycles. The Balaban J connectivity index is 2.61. The average molecular weight is 357 g/mol. The van der Waals surface area contributed by atoms with Gasteiger partial charge in [-0.3, -0.25) is 0 Å². The number of ether oxygens (including phenoxy) is 2. The Morgan fingerprint density at radius 3 is 2.12 bits per heavy atom. The van der Waals surface area contributed by atoms with Crippen LogP contribution < -0.4 is 0 Å². The molecule has 0 fully saturated rings. The van der Waals surface area contributed by atoms with E-state index in [1.165, 1.54) is 14.2 Å². The van der Waals surface area contributed by atoms with Crippen molar-refractivity contribution in [3.8, 4) is 0 Å². The van der Waals surface area contributed by atoms with E-state index in [1.54, 1.807) is 12.4 Å². The fourth-order valence-electron chi connectivity index (χ4n) is 3.16. The van der Waals surface area contributed by atoms with Gasteiger partial charge >= 0.3 is 11.9 Å². The Labute approximate surface area is 155 Å². The molecule has 0 saturated heterocycles. The van der Waals surface area contributed by atoms with E-state index in [2.05, 4.69) is 6.92 Å². The van der Waals surface area contributed by atoms with Gasteiger partial charge in [-0.1, -0.05) is 37.1 Å². The topological polar surface area (TPSA) is 55.8 Å². The molecule has 1 aliphatic rings. The third kappa shape index (κ3) is 4.15. The standard InChI is InChI=1S/C21H27NO4/c1-6-7-10-22-12-17(20(23)25-4)19(18(13-22)21(24)26-5)16-11-14(2)8-9-15(16)3/h8-9,11-13,19H,6-7,10H2,1-5H3. The van der Waals surface area contributed by atoms with Crippen molar-refractivity contribution in [1.29, 1.82) is 0 Å². The third-order valence-corrected chi connectivity index (χ3v) is 4.59. The van der Waals surface area contributed by atoms with Crippen LogP contribution in [-0.4, -0.2) is 37.6 Å². The molecule has 1 aliphatic heterocycles. The molecular weight excluding hydrogens is 330 g/mol. The first-order chi connectivity index (χ1) is 12.4. The van der Waals surface area contributed by atoms with Gasteiger partial charge in [0.15, 0.2) is 0 Å². The summed E-state index contributed by atoms with van der Waals surface area (Å²) in [5, 5.41) is 0. The summed E-state index contributed by atoms with van der Waals surface area (Å²) >= 11 is 0. The maximum atomic E-state index is 12.5. The highest BCUT2D eigenvalue weighted by Gasteiger charge is 2.35. The summed E-state index contributed by atoms with van der Waals surface area (Å²) in [7, 11) is 2.71. The van der Waals surface area contributed by atoms with Crippen LogP contribution in [0.5, 0.6) is 0 Å². The second-order valence-electron chi connectivity index (χ2n) is 6.54. The number of rotatable bonds is 6. The zero-order valence-electron chi connectivity index (χ0n) is 16.2. The van der Waals surface area contributed by atoms with Crippen molar-refractivity contribution >= 4 is 11.9 Å². The predicted molar refractivity (Wildman–Crippen MR) is 100 cm³/mol. The minimum absolute atomic E-state index is 0.438. The van der Waals surface area contributed by atoms with Gasteiger partial charge in [0, 0.05) is 18.9 Å². The minimum atomic E-state index is -0.507. The molecule has 0 saturated carbocycles. The Hall–Kier alpha value is -2.56. The number of esters is 2. The number of hydrogen-bond acceptors (Lipinski definition) is 5. The van der Waals surface area contributed by atoms with Crippen LogP contribution >= 0.6 is 0 Å². The van der Waals surface area contributed by atoms with Crippen LogP contribution in [-0.2, 0) is 19.1 Å². The third-order valence-electron chi connectivity index (χ3n) is 4.59. The van der Waals surface area contributed by atoms with Gasteiger partial charge in [-0.15, -0.1) is 0 Å². The molecule has 26 heavy (non-hydrogen) atoms. The minimum Gasteiger partial charge on any atom is -0.466 e. The lowest BCUT2D eigenvalue weighted by molar-refractivity contribution is -0.137. The van der Waals surface area contributed by atoms with Gasteiger partial charge in [0.1, 0.15) is 0 Å². The van der Waals surface area contributed by atoms with Gasteiger partial charge < -0.3 is 14.4 Å². The van der Waals surface area contributed by atoms with E-state index in [4.69, 9.17) is 9.47 Å². The number of aryl methyl sites for hydroxylation is 2. The predicted octanol–water partition coefficient (Wildman–Crippen LogP) is 3.62. The van der Waals surface area contributed by atoms with Gasteiger partial charge in [-0.25, -0.2) is 9.59 Å². The fourth-order valence-corrected chi connectivity index (χ4v) is 3.16. The molecule has 0 aliphatic carbocycles. The molecule has 1 aromatic rings. The molecule has 0 aromatic heterocycles. The maximum Gasteiger partial charge on any atom is 0.336 e. The van der Waals surface area contributed by atoms with E-state index < -0.39 is 17.9 Å². The summed E-state index contributed by atoms with van der Waals surface area (Å²) in [6.07, 6.45) is 5.55. The largest absolute Gasteiger partial charge is 0.466 e. The van der Waals surface area contributed by atoms with Crippen molar-refractivity contribution in [2.24, 2.45) is 0 Å². The summed E-state index contributed by atoms with van der Waals surface area (Å²) in [5.41, 5.74) is 3.87. The number of nitrogens with zero attached hydrogens (tertiary/aromatic N) is 1. The van der Waals surface area contributed by atoms with Crippen LogP contribution in [0.1, 0.15) is 42.4 Å². The molecule has 0 amide bonds. The highest BCUT2D eigenvalue weighted by Crippen LogP contribution is 2.38. The average Bonchev–Trinajstić information content (AvgIpc) is 2.66. The normalized spacial score (nSPS) is 14.6. The van der Waals surface area contributed by atoms with Crippen molar-refractivity contribution in [2.45, 2.75) is 39.5 Å². The molecule has 1 aromatic carbocycles. The first kappa shape index (κ1) is 19.8. The van der Waals surface area contributed by atoms with Crippen LogP contribution in [0, 0.1) is 13.8 Å². The molecule has 0 unspecified atom stereocenters. The van der Waals surface area contributed by atoms with Crippen LogP contribution in [0.4, 0.5) is 0 Å². The van der Waals surface area contributed by atoms with Crippen LogP contribution in [0.2, 0.25) is 0 Å². The maximum absolute atomic E-state index is 12.5. The lowest BCUT2D eigenvalue weighted by Crippen LogP contribution is -2.29. The monoisotopic (exact) mass is 357 g/mol. The molecule has 0 radical (unpaired) electrons. The molecule has 0 bridgehead atoms. The molecule has 0 N–H and O–H groups in total. The lowest BCUT2D eigenvalue weighted by atomic mass is 9.81. The van der Waals surface area contributed by atoms with Crippen molar-refractivity contribution < 1.29 is 19.1 Å². The molecule has 140 valence electrons. The van der Waals surface area contributed by atoms with Gasteiger partial charge in [-0.05, 0) is 31.4 Å². The van der Waals surface area contributed by atoms with E-state index in [0.717, 1.165) is 36.1 Å². The summed E-state index contributed by atoms with van der Waals surface area (Å²) in [6, 6.07) is 6.02. The first-order valence-corrected chi connectivity index (χ1v) is 8.85. The number of unbranched alkanes of at least 4 members (excludes halogenated alkanes) is 1. The fraction of sp³-hybridized carbons (Fsp3) is 0.429. The summed E-state index contributed by atoms with van der Waals surface area (Å²) in [6.45, 7) is 6.78. The second-order valence-corrected chi connectivity index (χ2v) is 6.54. The van der Waals surface area contributed by atoms with Crippen molar-refractivity contribution in [1.82, 2.24) is 4.90 Å². The van der Waals surface area contributed by atoms with Crippen molar-refractivity contribution in [2.75, 3.05) is 20.8 Å². The SMILES string of the molecule is CCCCN1C=C(C(=O)OC)C(c2cc(C)ccc2C)C(C(=O)OC)=C1. The molecule has 5 heteroatoms. The van der Waals surface area contributed by atoms with Gasteiger partial charge in [-0.2, -0.15) is 0 Å². The Bertz CT molecular complexity index is 714. The van der Waals surface area contributed by atoms with Crippen molar-refractivity contribution in [3.05, 3.63) is 58.4 Å². The van der Waals surface area contributed by atoms with Crippen LogP contribution in [0.25, 0.3) is 0 Å². The van der Waals surface area contributed by atoms with Crippen molar-refractivity contribution in [3.63, 3.8) is 0 Å². The summed E-state index contributed by atoms with van der Waals surface area (Å²) in [5.74, 6) is -1.38. The quantitative estimate of drug-likeness (QED) is 0.728. The lowest BCUT2D eigenvalue weighted by Gasteiger charge is -2.31. The number of benzene rings is 1. The zero-order valence-corrected chi connectivity index (χ0v) is 16.2. The Kier molecular flexibility index (Phi) is 6.61. The van der Waals surface area contributed by atoms with E-state index in [0.29, 0.717) is 11.1 Å². The summed E-state index contributed by atoms with van der Waals surface area (Å²) < 4.78 is 10.0. The molecular formula is C21H27NO4. The number of carbonyl (C=O) groups is 2. The highest BCUT2D eigenvalue weighted by atomic mass is 16.5. The Morgan fingerprint density at radius 2 is 1.62 bits per heavy atom. The molecule has 2 rings (SSSR count). The number of methoxy groups -OCH3 is 2. The molecule has 5 nitrogen and oxygen atoms in total. The second kappa shape index (κ2) is 8.70. The van der Waals surface area contributed by atoms with E-state index in [1.807, 2.05) is 36.9 Å². The smallest absolute Gasteiger partial charge is 0.336 e. The van der Waals surface area contributed by atoms with Gasteiger partial charge in [0.2, 0.25) is 0 Å². The van der Waals surface area contributed by atoms with E-state index in [-0.39, 0.29) is 0 Å². The summed E-state index contributed by atoms with van der Waals surface area (Å²) in [4.78, 5) is 26.9. The molecule has 0 spiro atoms. The number of carbonyl (C=O) groups excluding carboxylic acids is 2. The zero-order chi connectivity index (χ0) is 19.3. The van der Waals surface area contributed by atoms with E-state index in [9.17, 15) is 9.59 Å². The highest BCUT2D eigenvalue weighted by molar-refractivity contribution is 5.98. The van der Waals surface area contributed by atoms with Gasteiger partial charge in [0.25, 0.3) is 0 Å². The Morgan fingerprint density at radius 1 is 1.04 bits per heavy atom. The van der Waals surface area contributed by atoms with Crippen LogP contribution in [0.15, 0.2) is 41.7 Å². The molecule has 0 atom stereocenters. The number of hydrogen-bond donors (Lipinski definition) is 0. The first-order valence-electron chi connectivity index (χ1n) is 8.85. The van der Waals surface area contributed by atoms with Crippen LogP contribution in [0.3, 0.4) is 0 Å². The van der Waals surface area contributed by atoms with Gasteiger partial charge in [0.05, 0.1) is 31.3 Å². The van der Waals surface area contributed by atoms with E-state index >= 15 is 0 Å².